The third-order valence-electron chi connectivity index (χ3n) is 6.48. The summed E-state index contributed by atoms with van der Waals surface area (Å²) >= 11 is 0. The smallest absolute Gasteiger partial charge is 0.372 e. The quantitative estimate of drug-likeness (QED) is 0.751. The molecule has 2 aliphatic rings. The van der Waals surface area contributed by atoms with E-state index < -0.39 is 18.0 Å². The van der Waals surface area contributed by atoms with Gasteiger partial charge in [0.05, 0.1) is 23.0 Å². The number of aliphatic hydroxyl groups excluding tert-OH is 1. The van der Waals surface area contributed by atoms with E-state index >= 15 is 0 Å². The molecule has 0 saturated carbocycles. The molecule has 174 valence electrons. The van der Waals surface area contributed by atoms with E-state index in [4.69, 9.17) is 4.74 Å². The molecule has 2 aromatic rings. The Hall–Kier alpha value is -2.00. The van der Waals surface area contributed by atoms with Crippen molar-refractivity contribution in [3.05, 3.63) is 65.5 Å². The number of morpholine rings is 1. The third kappa shape index (κ3) is 5.49. The van der Waals surface area contributed by atoms with Crippen molar-refractivity contribution in [2.75, 3.05) is 32.7 Å². The van der Waals surface area contributed by atoms with E-state index in [9.17, 15) is 18.3 Å². The number of piperidine rings is 1. The molecule has 2 fully saturated rings. The Labute approximate surface area is 186 Å². The van der Waals surface area contributed by atoms with Gasteiger partial charge in [0.2, 0.25) is 0 Å². The first-order chi connectivity index (χ1) is 15.2. The van der Waals surface area contributed by atoms with Gasteiger partial charge in [-0.15, -0.1) is 0 Å². The number of rotatable bonds is 5. The molecule has 1 spiro atoms. The van der Waals surface area contributed by atoms with Gasteiger partial charge in [-0.25, -0.2) is 0 Å². The van der Waals surface area contributed by atoms with Crippen molar-refractivity contribution in [3.63, 3.8) is 0 Å². The van der Waals surface area contributed by atoms with Crippen molar-refractivity contribution in [2.24, 2.45) is 0 Å². The zero-order chi connectivity index (χ0) is 22.8. The number of ether oxygens (including phenoxy) is 1. The van der Waals surface area contributed by atoms with Crippen LogP contribution in [0.25, 0.3) is 0 Å². The number of hydrogen-bond acceptors (Lipinski definition) is 5. The lowest BCUT2D eigenvalue weighted by atomic mass is 9.88. The Morgan fingerprint density at radius 2 is 1.88 bits per heavy atom. The second kappa shape index (κ2) is 9.47. The molecule has 2 aliphatic heterocycles. The average molecular weight is 450 g/mol. The summed E-state index contributed by atoms with van der Waals surface area (Å²) in [5.41, 5.74) is 0.382. The molecule has 0 aliphatic carbocycles. The minimum absolute atomic E-state index is 0.0799. The maximum absolute atomic E-state index is 12.8. The molecular weight excluding hydrogens is 419 g/mol. The monoisotopic (exact) mass is 449 g/mol. The Balaban J connectivity index is 1.36. The molecule has 4 rings (SSSR count). The van der Waals surface area contributed by atoms with Gasteiger partial charge >= 0.3 is 6.18 Å². The average Bonchev–Trinajstić information content (AvgIpc) is 2.78. The van der Waals surface area contributed by atoms with Crippen molar-refractivity contribution in [1.82, 2.24) is 14.8 Å². The maximum Gasteiger partial charge on any atom is 0.417 e. The molecule has 1 aromatic carbocycles. The van der Waals surface area contributed by atoms with E-state index in [0.29, 0.717) is 13.1 Å². The van der Waals surface area contributed by atoms with Crippen LogP contribution >= 0.6 is 0 Å². The molecular formula is C24H30F3N3O2. The molecule has 5 nitrogen and oxygen atoms in total. The molecule has 3 heterocycles. The van der Waals surface area contributed by atoms with Gasteiger partial charge in [0.15, 0.2) is 6.23 Å². The zero-order valence-corrected chi connectivity index (χ0v) is 18.3. The summed E-state index contributed by atoms with van der Waals surface area (Å²) in [5, 5.41) is 10.8. The fourth-order valence-electron chi connectivity index (χ4n) is 4.76. The van der Waals surface area contributed by atoms with E-state index in [-0.39, 0.29) is 17.4 Å². The summed E-state index contributed by atoms with van der Waals surface area (Å²) in [6.07, 6.45) is -2.08. The molecule has 0 amide bonds. The topological polar surface area (TPSA) is 48.8 Å². The Morgan fingerprint density at radius 3 is 2.50 bits per heavy atom. The van der Waals surface area contributed by atoms with Crippen LogP contribution in [-0.2, 0) is 17.3 Å². The lowest BCUT2D eigenvalue weighted by molar-refractivity contribution is -0.197. The van der Waals surface area contributed by atoms with Crippen molar-refractivity contribution in [2.45, 2.75) is 50.3 Å². The predicted molar refractivity (Wildman–Crippen MR) is 115 cm³/mol. The fourth-order valence-corrected chi connectivity index (χ4v) is 4.76. The number of alkyl halides is 3. The Kier molecular flexibility index (Phi) is 6.86. The van der Waals surface area contributed by atoms with E-state index in [1.54, 1.807) is 0 Å². The number of nitrogens with zero attached hydrogens (tertiary/aromatic N) is 3. The minimum Gasteiger partial charge on any atom is -0.372 e. The summed E-state index contributed by atoms with van der Waals surface area (Å²) in [5.74, 6) is 0. The summed E-state index contributed by atoms with van der Waals surface area (Å²) in [6, 6.07) is 12.7. The Morgan fingerprint density at radius 1 is 1.16 bits per heavy atom. The number of benzene rings is 1. The standard InChI is InChI=1S/C24H30F3N3O2/c1-18-16-30(22(31)21-8-7-20(15-28-21)24(25,26)27)17-23(32-18)10-13-29(14-11-23)12-9-19-5-3-2-4-6-19/h2-8,15,18,22,31H,9-14,16-17H2,1H3. The second-order valence-corrected chi connectivity index (χ2v) is 8.96. The fraction of sp³-hybridized carbons (Fsp3) is 0.542. The number of aliphatic hydroxyl groups is 1. The summed E-state index contributed by atoms with van der Waals surface area (Å²) in [6.45, 7) is 5.85. The number of pyridine rings is 1. The van der Waals surface area contributed by atoms with Crippen molar-refractivity contribution in [3.8, 4) is 0 Å². The van der Waals surface area contributed by atoms with E-state index in [1.165, 1.54) is 11.6 Å². The summed E-state index contributed by atoms with van der Waals surface area (Å²) in [7, 11) is 0. The number of aromatic nitrogens is 1. The van der Waals surface area contributed by atoms with Gasteiger partial charge in [-0.1, -0.05) is 30.3 Å². The predicted octanol–water partition coefficient (Wildman–Crippen LogP) is 3.89. The van der Waals surface area contributed by atoms with E-state index in [0.717, 1.165) is 51.2 Å². The highest BCUT2D eigenvalue weighted by Crippen LogP contribution is 2.35. The van der Waals surface area contributed by atoms with Crippen LogP contribution in [-0.4, -0.2) is 64.3 Å². The van der Waals surface area contributed by atoms with Gasteiger partial charge in [0.1, 0.15) is 0 Å². The van der Waals surface area contributed by atoms with Crippen molar-refractivity contribution >= 4 is 0 Å². The van der Waals surface area contributed by atoms with Crippen LogP contribution in [0.5, 0.6) is 0 Å². The van der Waals surface area contributed by atoms with Crippen LogP contribution in [0, 0.1) is 0 Å². The van der Waals surface area contributed by atoms with Gasteiger partial charge in [0, 0.05) is 38.9 Å². The van der Waals surface area contributed by atoms with Crippen LogP contribution in [0.2, 0.25) is 0 Å². The SMILES string of the molecule is CC1CN(C(O)c2ccc(C(F)(F)F)cn2)CC2(CCN(CCc3ccccc3)CC2)O1. The summed E-state index contributed by atoms with van der Waals surface area (Å²) in [4.78, 5) is 8.21. The number of likely N-dealkylation sites (tertiary alicyclic amines) is 1. The van der Waals surface area contributed by atoms with E-state index in [2.05, 4.69) is 34.1 Å². The zero-order valence-electron chi connectivity index (χ0n) is 18.3. The van der Waals surface area contributed by atoms with Crippen LogP contribution in [0.1, 0.15) is 42.8 Å². The lowest BCUT2D eigenvalue weighted by Gasteiger charge is -2.50. The highest BCUT2D eigenvalue weighted by atomic mass is 19.4. The van der Waals surface area contributed by atoms with Crippen LogP contribution in [0.15, 0.2) is 48.7 Å². The van der Waals surface area contributed by atoms with Crippen LogP contribution in [0.4, 0.5) is 13.2 Å². The van der Waals surface area contributed by atoms with Gasteiger partial charge in [0.25, 0.3) is 0 Å². The number of halogens is 3. The molecule has 2 saturated heterocycles. The largest absolute Gasteiger partial charge is 0.417 e. The molecule has 2 unspecified atom stereocenters. The van der Waals surface area contributed by atoms with Gasteiger partial charge < -0.3 is 14.7 Å². The molecule has 0 radical (unpaired) electrons. The molecule has 1 aromatic heterocycles. The molecule has 32 heavy (non-hydrogen) atoms. The molecule has 2 atom stereocenters. The van der Waals surface area contributed by atoms with Gasteiger partial charge in [-0.2, -0.15) is 13.2 Å². The maximum atomic E-state index is 12.8. The van der Waals surface area contributed by atoms with Crippen molar-refractivity contribution < 1.29 is 23.0 Å². The molecule has 1 N–H and O–H groups in total. The first-order valence-corrected chi connectivity index (χ1v) is 11.1. The number of hydrogen-bond donors (Lipinski definition) is 1. The molecule has 8 heteroatoms. The van der Waals surface area contributed by atoms with Crippen LogP contribution in [0.3, 0.4) is 0 Å². The highest BCUT2D eigenvalue weighted by molar-refractivity contribution is 5.18. The lowest BCUT2D eigenvalue weighted by Crippen LogP contribution is -2.59. The highest BCUT2D eigenvalue weighted by Gasteiger charge is 2.43. The van der Waals surface area contributed by atoms with Crippen molar-refractivity contribution in [1.29, 1.82) is 0 Å². The molecule has 0 bridgehead atoms. The Bertz CT molecular complexity index is 868. The minimum atomic E-state index is -4.44. The van der Waals surface area contributed by atoms with Gasteiger partial charge in [-0.3, -0.25) is 9.88 Å². The van der Waals surface area contributed by atoms with Crippen LogP contribution < -0.4 is 0 Å². The summed E-state index contributed by atoms with van der Waals surface area (Å²) < 4.78 is 44.8. The van der Waals surface area contributed by atoms with Gasteiger partial charge in [-0.05, 0) is 43.9 Å². The first-order valence-electron chi connectivity index (χ1n) is 11.1. The third-order valence-corrected chi connectivity index (χ3v) is 6.48. The second-order valence-electron chi connectivity index (χ2n) is 8.96. The normalized spacial score (nSPS) is 23.3. The first kappa shape index (κ1) is 23.2. The van der Waals surface area contributed by atoms with E-state index in [1.807, 2.05) is 17.9 Å².